The largest absolute Gasteiger partial charge is 0.392 e. The number of carbonyl (C=O) groups is 1. The summed E-state index contributed by atoms with van der Waals surface area (Å²) in [5, 5.41) is 11.8. The molecule has 1 heterocycles. The zero-order valence-electron chi connectivity index (χ0n) is 18.1. The molecule has 34 heavy (non-hydrogen) atoms. The molecule has 2 aromatic carbocycles. The van der Waals surface area contributed by atoms with Crippen molar-refractivity contribution in [3.05, 3.63) is 75.4 Å². The van der Waals surface area contributed by atoms with Crippen molar-refractivity contribution in [1.82, 2.24) is 9.97 Å². The number of halogens is 5. The van der Waals surface area contributed by atoms with Crippen molar-refractivity contribution in [1.29, 1.82) is 0 Å². The number of benzene rings is 2. The van der Waals surface area contributed by atoms with Crippen LogP contribution in [-0.2, 0) is 37.1 Å². The summed E-state index contributed by atoms with van der Waals surface area (Å²) in [4.78, 5) is 21.7. The van der Waals surface area contributed by atoms with Gasteiger partial charge >= 0.3 is 0 Å². The van der Waals surface area contributed by atoms with Crippen LogP contribution < -0.4 is 5.32 Å². The minimum Gasteiger partial charge on any atom is -0.392 e. The van der Waals surface area contributed by atoms with Crippen molar-refractivity contribution in [2.24, 2.45) is 0 Å². The number of hydrogen-bond acceptors (Lipinski definition) is 4. The highest BCUT2D eigenvalue weighted by molar-refractivity contribution is 5.92. The van der Waals surface area contributed by atoms with Crippen LogP contribution in [0.25, 0.3) is 11.3 Å². The fourth-order valence-electron chi connectivity index (χ4n) is 3.98. The molecule has 0 aliphatic heterocycles. The predicted octanol–water partition coefficient (Wildman–Crippen LogP) is 4.56. The lowest BCUT2D eigenvalue weighted by Crippen LogP contribution is -2.21. The molecule has 4 rings (SSSR count). The van der Waals surface area contributed by atoms with E-state index in [-0.39, 0.29) is 12.4 Å². The van der Waals surface area contributed by atoms with Crippen LogP contribution in [0, 0.1) is 29.1 Å². The zero-order chi connectivity index (χ0) is 24.6. The fourth-order valence-corrected chi connectivity index (χ4v) is 3.98. The molecular formula is C24H20F5N3O2. The number of carbonyl (C=O) groups excluding carboxylic acids is 1. The highest BCUT2D eigenvalue weighted by Gasteiger charge is 2.28. The van der Waals surface area contributed by atoms with Crippen molar-refractivity contribution in [3.8, 4) is 11.3 Å². The van der Waals surface area contributed by atoms with Gasteiger partial charge in [0.2, 0.25) is 11.7 Å². The van der Waals surface area contributed by atoms with Gasteiger partial charge < -0.3 is 10.4 Å². The quantitative estimate of drug-likeness (QED) is 0.310. The summed E-state index contributed by atoms with van der Waals surface area (Å²) in [5.41, 5.74) is 3.13. The second kappa shape index (κ2) is 9.46. The number of aryl methyl sites for hydroxylation is 3. The Morgan fingerprint density at radius 2 is 1.68 bits per heavy atom. The molecule has 0 atom stereocenters. The van der Waals surface area contributed by atoms with Crippen LogP contribution in [0.15, 0.2) is 18.2 Å². The van der Waals surface area contributed by atoms with E-state index in [2.05, 4.69) is 15.3 Å². The highest BCUT2D eigenvalue weighted by atomic mass is 19.2. The van der Waals surface area contributed by atoms with E-state index < -0.39 is 47.0 Å². The van der Waals surface area contributed by atoms with E-state index in [0.717, 1.165) is 16.7 Å². The number of aromatic nitrogens is 2. The SMILES string of the molecule is CCCc1nc2c(nc1NC(=O)Cc1c(F)c(F)c(F)c(F)c1F)CCc1cc(CO)ccc1-2. The Morgan fingerprint density at radius 3 is 2.32 bits per heavy atom. The van der Waals surface area contributed by atoms with E-state index in [9.17, 15) is 31.9 Å². The van der Waals surface area contributed by atoms with Gasteiger partial charge in [0.05, 0.1) is 30.1 Å². The molecule has 0 fully saturated rings. The fraction of sp³-hybridized carbons (Fsp3) is 0.292. The smallest absolute Gasteiger partial charge is 0.230 e. The summed E-state index contributed by atoms with van der Waals surface area (Å²) in [6.45, 7) is 1.81. The first kappa shape index (κ1) is 23.7. The summed E-state index contributed by atoms with van der Waals surface area (Å²) in [7, 11) is 0. The molecule has 0 saturated carbocycles. The van der Waals surface area contributed by atoms with Crippen molar-refractivity contribution in [2.45, 2.75) is 45.6 Å². The number of nitrogens with one attached hydrogen (secondary N) is 1. The van der Waals surface area contributed by atoms with Crippen molar-refractivity contribution < 1.29 is 31.9 Å². The van der Waals surface area contributed by atoms with Gasteiger partial charge in [-0.3, -0.25) is 4.79 Å². The highest BCUT2D eigenvalue weighted by Crippen LogP contribution is 2.34. The third-order valence-corrected chi connectivity index (χ3v) is 5.66. The lowest BCUT2D eigenvalue weighted by molar-refractivity contribution is -0.115. The van der Waals surface area contributed by atoms with Crippen LogP contribution >= 0.6 is 0 Å². The number of aliphatic hydroxyl groups excluding tert-OH is 1. The second-order valence-corrected chi connectivity index (χ2v) is 7.99. The van der Waals surface area contributed by atoms with E-state index in [4.69, 9.17) is 0 Å². The summed E-state index contributed by atoms with van der Waals surface area (Å²) >= 11 is 0. The lowest BCUT2D eigenvalue weighted by Gasteiger charge is -2.21. The van der Waals surface area contributed by atoms with Gasteiger partial charge in [0.25, 0.3) is 0 Å². The molecule has 1 aromatic heterocycles. The molecule has 1 amide bonds. The van der Waals surface area contributed by atoms with Gasteiger partial charge in [-0.25, -0.2) is 31.9 Å². The Morgan fingerprint density at radius 1 is 1.00 bits per heavy atom. The minimum absolute atomic E-state index is 0.0824. The van der Waals surface area contributed by atoms with Crippen molar-refractivity contribution >= 4 is 11.7 Å². The maximum Gasteiger partial charge on any atom is 0.230 e. The van der Waals surface area contributed by atoms with Crippen LogP contribution in [0.2, 0.25) is 0 Å². The van der Waals surface area contributed by atoms with Crippen molar-refractivity contribution in [3.63, 3.8) is 0 Å². The normalized spacial score (nSPS) is 12.3. The van der Waals surface area contributed by atoms with Gasteiger partial charge in [0.15, 0.2) is 29.1 Å². The maximum atomic E-state index is 14.0. The topological polar surface area (TPSA) is 75.1 Å². The maximum absolute atomic E-state index is 14.0. The third kappa shape index (κ3) is 4.25. The van der Waals surface area contributed by atoms with Gasteiger partial charge in [-0.15, -0.1) is 0 Å². The standard InChI is InChI=1S/C24H20F5N3O2/c1-2-3-16-24(32-17(34)9-14-18(25)20(27)22(29)21(28)19(14)26)31-15-7-5-12-8-11(10-33)4-6-13(12)23(15)30-16/h4,6,8,33H,2-3,5,7,9-10H2,1H3,(H,31,32,34). The molecule has 1 aliphatic carbocycles. The first-order valence-corrected chi connectivity index (χ1v) is 10.7. The first-order chi connectivity index (χ1) is 16.2. The van der Waals surface area contributed by atoms with Crippen LogP contribution in [0.5, 0.6) is 0 Å². The summed E-state index contributed by atoms with van der Waals surface area (Å²) < 4.78 is 68.2. The van der Waals surface area contributed by atoms with E-state index in [1.807, 2.05) is 19.1 Å². The van der Waals surface area contributed by atoms with E-state index in [0.29, 0.717) is 42.8 Å². The molecule has 0 radical (unpaired) electrons. The van der Waals surface area contributed by atoms with Gasteiger partial charge in [0.1, 0.15) is 0 Å². The molecule has 0 bridgehead atoms. The van der Waals surface area contributed by atoms with Crippen LogP contribution in [0.4, 0.5) is 27.8 Å². The number of anilines is 1. The van der Waals surface area contributed by atoms with E-state index >= 15 is 0 Å². The number of aliphatic hydroxyl groups is 1. The average molecular weight is 477 g/mol. The number of fused-ring (bicyclic) bond motifs is 3. The van der Waals surface area contributed by atoms with Gasteiger partial charge in [-0.05, 0) is 30.4 Å². The molecule has 0 unspecified atom stereocenters. The van der Waals surface area contributed by atoms with Gasteiger partial charge in [-0.1, -0.05) is 31.5 Å². The van der Waals surface area contributed by atoms with Crippen LogP contribution in [0.1, 0.15) is 41.4 Å². The summed E-state index contributed by atoms with van der Waals surface area (Å²) in [5.74, 6) is -11.5. The molecule has 3 aromatic rings. The monoisotopic (exact) mass is 477 g/mol. The first-order valence-electron chi connectivity index (χ1n) is 10.7. The summed E-state index contributed by atoms with van der Waals surface area (Å²) in [6, 6.07) is 5.54. The summed E-state index contributed by atoms with van der Waals surface area (Å²) in [6.07, 6.45) is 1.17. The van der Waals surface area contributed by atoms with Gasteiger partial charge in [-0.2, -0.15) is 0 Å². The van der Waals surface area contributed by atoms with Crippen LogP contribution in [0.3, 0.4) is 0 Å². The Hall–Kier alpha value is -3.40. The van der Waals surface area contributed by atoms with Crippen LogP contribution in [-0.4, -0.2) is 21.0 Å². The molecule has 0 saturated heterocycles. The lowest BCUT2D eigenvalue weighted by atomic mass is 9.90. The van der Waals surface area contributed by atoms with E-state index in [1.54, 1.807) is 6.07 Å². The van der Waals surface area contributed by atoms with E-state index in [1.165, 1.54) is 0 Å². The molecule has 5 nitrogen and oxygen atoms in total. The molecular weight excluding hydrogens is 457 g/mol. The zero-order valence-corrected chi connectivity index (χ0v) is 18.1. The van der Waals surface area contributed by atoms with Crippen molar-refractivity contribution in [2.75, 3.05) is 5.32 Å². The minimum atomic E-state index is -2.28. The Balaban J connectivity index is 1.66. The third-order valence-electron chi connectivity index (χ3n) is 5.66. The predicted molar refractivity (Wildman–Crippen MR) is 113 cm³/mol. The second-order valence-electron chi connectivity index (χ2n) is 7.99. The number of nitrogens with zero attached hydrogens (tertiary/aromatic N) is 2. The Kier molecular flexibility index (Phi) is 6.60. The molecule has 178 valence electrons. The molecule has 1 aliphatic rings. The number of amides is 1. The number of hydrogen-bond donors (Lipinski definition) is 2. The molecule has 2 N–H and O–H groups in total. The molecule has 0 spiro atoms. The Labute approximate surface area is 191 Å². The molecule has 10 heteroatoms. The number of rotatable bonds is 6. The Bertz CT molecular complexity index is 1270. The van der Waals surface area contributed by atoms with Gasteiger partial charge in [0, 0.05) is 11.1 Å². The average Bonchev–Trinajstić information content (AvgIpc) is 2.84.